The third-order valence-electron chi connectivity index (χ3n) is 5.02. The lowest BCUT2D eigenvalue weighted by molar-refractivity contribution is -0.281. The molecule has 1 fully saturated rings. The first-order valence-corrected chi connectivity index (χ1v) is 10.8. The van der Waals surface area contributed by atoms with Crippen LogP contribution in [0.4, 0.5) is 0 Å². The molecule has 2 N–H and O–H groups in total. The van der Waals surface area contributed by atoms with Gasteiger partial charge < -0.3 is 34.3 Å². The van der Waals surface area contributed by atoms with E-state index in [1.807, 2.05) is 30.3 Å². The second-order valence-corrected chi connectivity index (χ2v) is 7.84. The Morgan fingerprint density at radius 2 is 1.71 bits per heavy atom. The number of carbonyl (C=O) groups is 4. The van der Waals surface area contributed by atoms with Crippen LogP contribution in [0.1, 0.15) is 33.3 Å². The van der Waals surface area contributed by atoms with Crippen LogP contribution in [0.2, 0.25) is 0 Å². The van der Waals surface area contributed by atoms with E-state index in [4.69, 9.17) is 23.7 Å². The van der Waals surface area contributed by atoms with Crippen molar-refractivity contribution in [3.63, 3.8) is 0 Å². The largest absolute Gasteiger partial charge is 0.467 e. The summed E-state index contributed by atoms with van der Waals surface area (Å²) in [6, 6.07) is 8.34. The summed E-state index contributed by atoms with van der Waals surface area (Å²) in [4.78, 5) is 47.6. The zero-order valence-corrected chi connectivity index (χ0v) is 19.9. The van der Waals surface area contributed by atoms with Gasteiger partial charge in [0.15, 0.2) is 18.5 Å². The van der Waals surface area contributed by atoms with Gasteiger partial charge in [-0.3, -0.25) is 14.4 Å². The maximum absolute atomic E-state index is 12.1. The molecule has 0 radical (unpaired) electrons. The second-order valence-electron chi connectivity index (χ2n) is 7.84. The third-order valence-corrected chi connectivity index (χ3v) is 5.02. The molecule has 0 aliphatic carbocycles. The van der Waals surface area contributed by atoms with Crippen molar-refractivity contribution in [3.8, 4) is 0 Å². The Labute approximate surface area is 198 Å². The van der Waals surface area contributed by atoms with Crippen molar-refractivity contribution < 1.29 is 42.9 Å². The Kier molecular flexibility index (Phi) is 10.4. The zero-order valence-electron chi connectivity index (χ0n) is 19.9. The Bertz CT molecular complexity index is 848. The summed E-state index contributed by atoms with van der Waals surface area (Å²) < 4.78 is 28.2. The first-order valence-electron chi connectivity index (χ1n) is 10.8. The summed E-state index contributed by atoms with van der Waals surface area (Å²) in [6.07, 6.45) is -5.14. The van der Waals surface area contributed by atoms with Gasteiger partial charge in [0.25, 0.3) is 0 Å². The average Bonchev–Trinajstić information content (AvgIpc) is 2.78. The second kappa shape index (κ2) is 13.0. The Hall–Kier alpha value is -3.02. The van der Waals surface area contributed by atoms with Crippen molar-refractivity contribution >= 4 is 23.8 Å². The molecule has 0 saturated carbocycles. The van der Waals surface area contributed by atoms with E-state index in [1.54, 1.807) is 0 Å². The molecular weight excluding hydrogens is 448 g/mol. The minimum absolute atomic E-state index is 0.0300. The number of hydrogen-bond acceptors (Lipinski definition) is 9. The number of amides is 2. The van der Waals surface area contributed by atoms with E-state index < -0.39 is 54.6 Å². The minimum atomic E-state index is -1.08. The van der Waals surface area contributed by atoms with Crippen molar-refractivity contribution in [1.82, 2.24) is 10.6 Å². The highest BCUT2D eigenvalue weighted by Gasteiger charge is 2.50. The molecular formula is C23H32N2O9. The first-order chi connectivity index (χ1) is 16.1. The molecule has 0 bridgehead atoms. The number of methoxy groups -OCH3 is 1. The molecule has 0 aromatic heterocycles. The molecule has 1 aromatic carbocycles. The van der Waals surface area contributed by atoms with Gasteiger partial charge in [-0.2, -0.15) is 0 Å². The maximum atomic E-state index is 12.1. The van der Waals surface area contributed by atoms with Crippen LogP contribution in [0.25, 0.3) is 0 Å². The Balaban J connectivity index is 2.41. The molecule has 1 heterocycles. The van der Waals surface area contributed by atoms with Crippen molar-refractivity contribution in [2.24, 2.45) is 0 Å². The van der Waals surface area contributed by atoms with Crippen molar-refractivity contribution in [2.45, 2.75) is 71.0 Å². The van der Waals surface area contributed by atoms with Gasteiger partial charge in [-0.1, -0.05) is 30.3 Å². The fraction of sp³-hybridized carbons (Fsp3) is 0.565. The lowest BCUT2D eigenvalue weighted by Gasteiger charge is -2.46. The number of esters is 2. The summed E-state index contributed by atoms with van der Waals surface area (Å²) in [5.74, 6) is -2.03. The number of benzene rings is 1. The fourth-order valence-corrected chi connectivity index (χ4v) is 3.55. The normalized spacial score (nSPS) is 25.0. The predicted molar refractivity (Wildman–Crippen MR) is 118 cm³/mol. The smallest absolute Gasteiger partial charge is 0.334 e. The van der Waals surface area contributed by atoms with Crippen molar-refractivity contribution in [1.29, 1.82) is 0 Å². The van der Waals surface area contributed by atoms with Crippen LogP contribution in [0.3, 0.4) is 0 Å². The maximum Gasteiger partial charge on any atom is 0.334 e. The predicted octanol–water partition coefficient (Wildman–Crippen LogP) is 0.447. The van der Waals surface area contributed by atoms with E-state index in [0.29, 0.717) is 0 Å². The molecule has 2 amide bonds. The quantitative estimate of drug-likeness (QED) is 0.457. The molecule has 0 spiro atoms. The van der Waals surface area contributed by atoms with Gasteiger partial charge in [-0.05, 0) is 12.5 Å². The number of rotatable bonds is 10. The Morgan fingerprint density at radius 3 is 2.26 bits per heavy atom. The van der Waals surface area contributed by atoms with E-state index >= 15 is 0 Å². The molecule has 1 saturated heterocycles. The van der Waals surface area contributed by atoms with Gasteiger partial charge >= 0.3 is 11.9 Å². The van der Waals surface area contributed by atoms with Gasteiger partial charge in [-0.25, -0.2) is 4.79 Å². The van der Waals surface area contributed by atoms with E-state index in [0.717, 1.165) is 5.56 Å². The number of ether oxygens (including phenoxy) is 5. The Morgan fingerprint density at radius 1 is 1.03 bits per heavy atom. The van der Waals surface area contributed by atoms with Gasteiger partial charge in [-0.15, -0.1) is 0 Å². The van der Waals surface area contributed by atoms with E-state index in [2.05, 4.69) is 10.6 Å². The zero-order chi connectivity index (χ0) is 25.3. The molecule has 1 aliphatic rings. The topological polar surface area (TPSA) is 138 Å². The SMILES string of the molecule is COC(=O)[C@@H](C)O[C@@H]1[C@@H](NC(C)=O)[C@@H](OCc2ccccc2)O[C@H](CNC(C)=O)[C@H]1OC(C)=O. The molecule has 2 rings (SSSR count). The summed E-state index contributed by atoms with van der Waals surface area (Å²) in [6.45, 7) is 5.44. The molecule has 6 atom stereocenters. The summed E-state index contributed by atoms with van der Waals surface area (Å²) >= 11 is 0. The van der Waals surface area contributed by atoms with E-state index in [9.17, 15) is 19.2 Å². The van der Waals surface area contributed by atoms with Crippen LogP contribution in [0.15, 0.2) is 30.3 Å². The van der Waals surface area contributed by atoms with Gasteiger partial charge in [0.1, 0.15) is 18.2 Å². The van der Waals surface area contributed by atoms with Crippen molar-refractivity contribution in [3.05, 3.63) is 35.9 Å². The molecule has 11 heteroatoms. The molecule has 0 unspecified atom stereocenters. The number of carbonyl (C=O) groups excluding carboxylic acids is 4. The standard InChI is InChI=1S/C23H32N2O9/c1-13(22(29)30-5)32-21-19(25-15(3)27)23(31-12-17-9-7-6-8-10-17)34-18(11-24-14(2)26)20(21)33-16(4)28/h6-10,13,18-21,23H,11-12H2,1-5H3,(H,24,26)(H,25,27)/t13-,18-,19-,20-,21-,23+/m1/s1. The van der Waals surface area contributed by atoms with Gasteiger partial charge in [0, 0.05) is 27.3 Å². The summed E-state index contributed by atoms with van der Waals surface area (Å²) in [5.41, 5.74) is 0.855. The van der Waals surface area contributed by atoms with Crippen LogP contribution in [-0.4, -0.2) is 74.2 Å². The molecule has 34 heavy (non-hydrogen) atoms. The molecule has 11 nitrogen and oxygen atoms in total. The molecule has 1 aliphatic heterocycles. The minimum Gasteiger partial charge on any atom is -0.467 e. The summed E-state index contributed by atoms with van der Waals surface area (Å²) in [7, 11) is 1.21. The van der Waals surface area contributed by atoms with Crippen LogP contribution < -0.4 is 10.6 Å². The highest BCUT2D eigenvalue weighted by molar-refractivity contribution is 5.74. The third kappa shape index (κ3) is 8.08. The summed E-state index contributed by atoms with van der Waals surface area (Å²) in [5, 5.41) is 5.36. The fourth-order valence-electron chi connectivity index (χ4n) is 3.55. The van der Waals surface area contributed by atoms with Crippen LogP contribution in [-0.2, 0) is 49.5 Å². The van der Waals surface area contributed by atoms with E-state index in [1.165, 1.54) is 34.8 Å². The van der Waals surface area contributed by atoms with Crippen molar-refractivity contribution in [2.75, 3.05) is 13.7 Å². The highest BCUT2D eigenvalue weighted by Crippen LogP contribution is 2.29. The van der Waals surface area contributed by atoms with Crippen LogP contribution in [0, 0.1) is 0 Å². The molecule has 1 aromatic rings. The van der Waals surface area contributed by atoms with Gasteiger partial charge in [0.2, 0.25) is 11.8 Å². The number of hydrogen-bond donors (Lipinski definition) is 2. The molecule has 188 valence electrons. The lowest BCUT2D eigenvalue weighted by atomic mass is 9.95. The monoisotopic (exact) mass is 480 g/mol. The van der Waals surface area contributed by atoms with Crippen LogP contribution >= 0.6 is 0 Å². The first kappa shape index (κ1) is 27.2. The average molecular weight is 481 g/mol. The highest BCUT2D eigenvalue weighted by atomic mass is 16.7. The van der Waals surface area contributed by atoms with Crippen LogP contribution in [0.5, 0.6) is 0 Å². The lowest BCUT2D eigenvalue weighted by Crippen LogP contribution is -2.67. The van der Waals surface area contributed by atoms with E-state index in [-0.39, 0.29) is 19.1 Å². The van der Waals surface area contributed by atoms with Gasteiger partial charge in [0.05, 0.1) is 13.7 Å². The number of nitrogens with one attached hydrogen (secondary N) is 2.